The lowest BCUT2D eigenvalue weighted by Crippen LogP contribution is -2.38. The maximum Gasteiger partial charge on any atom is 0.333 e. The first-order chi connectivity index (χ1) is 15.6. The second-order valence-electron chi connectivity index (χ2n) is 7.93. The Morgan fingerprint density at radius 2 is 0.788 bits per heavy atom. The molecule has 186 valence electrons. The Balaban J connectivity index is 2.49. The standard InChI is InChI=1S/C24H36O9/c1-16(2)22(25)31-10-7-28-19-13-20(29-8-11-32-23(26)17(3)4)15-21(14-19)30-9-12-33-24(27)18(5)6/h19-21H,1,3,5,7-15H2,2,4,6H3. The van der Waals surface area contributed by atoms with E-state index in [1.807, 2.05) is 0 Å². The van der Waals surface area contributed by atoms with Gasteiger partial charge in [-0.3, -0.25) is 0 Å². The molecule has 0 aromatic rings. The van der Waals surface area contributed by atoms with Gasteiger partial charge in [-0.1, -0.05) is 19.7 Å². The molecular weight excluding hydrogens is 432 g/mol. The average Bonchev–Trinajstić information content (AvgIpc) is 2.76. The topological polar surface area (TPSA) is 107 Å². The van der Waals surface area contributed by atoms with Crippen LogP contribution in [0.2, 0.25) is 0 Å². The van der Waals surface area contributed by atoms with Crippen LogP contribution in [0.1, 0.15) is 40.0 Å². The molecule has 9 heteroatoms. The minimum absolute atomic E-state index is 0.118. The first kappa shape index (κ1) is 28.5. The van der Waals surface area contributed by atoms with Gasteiger partial charge in [-0.15, -0.1) is 0 Å². The zero-order valence-corrected chi connectivity index (χ0v) is 19.9. The third kappa shape index (κ3) is 12.4. The molecule has 0 radical (unpaired) electrons. The normalized spacial score (nSPS) is 19.9. The van der Waals surface area contributed by atoms with Gasteiger partial charge in [-0.05, 0) is 40.0 Å². The third-order valence-corrected chi connectivity index (χ3v) is 4.63. The van der Waals surface area contributed by atoms with Crippen LogP contribution in [-0.2, 0) is 42.8 Å². The molecule has 1 aliphatic rings. The Labute approximate surface area is 195 Å². The number of carbonyl (C=O) groups is 3. The van der Waals surface area contributed by atoms with E-state index in [2.05, 4.69) is 19.7 Å². The second kappa shape index (κ2) is 15.4. The fraction of sp³-hybridized carbons (Fsp3) is 0.625. The summed E-state index contributed by atoms with van der Waals surface area (Å²) in [6.07, 6.45) is 1.34. The minimum atomic E-state index is -0.460. The summed E-state index contributed by atoms with van der Waals surface area (Å²) >= 11 is 0. The van der Waals surface area contributed by atoms with Gasteiger partial charge in [0.05, 0.1) is 38.1 Å². The van der Waals surface area contributed by atoms with Crippen LogP contribution < -0.4 is 0 Å². The SMILES string of the molecule is C=C(C)C(=O)OCCOC1CC(OCCOC(=O)C(=C)C)CC(OCCOC(=O)C(=C)C)C1. The summed E-state index contributed by atoms with van der Waals surface area (Å²) in [4.78, 5) is 34.4. The molecule has 0 atom stereocenters. The summed E-state index contributed by atoms with van der Waals surface area (Å²) < 4.78 is 32.8. The van der Waals surface area contributed by atoms with Crippen LogP contribution in [0.4, 0.5) is 0 Å². The van der Waals surface area contributed by atoms with E-state index < -0.39 is 17.9 Å². The number of hydrogen-bond donors (Lipinski definition) is 0. The predicted molar refractivity (Wildman–Crippen MR) is 120 cm³/mol. The molecule has 33 heavy (non-hydrogen) atoms. The molecule has 1 rings (SSSR count). The fourth-order valence-electron chi connectivity index (χ4n) is 2.99. The van der Waals surface area contributed by atoms with Gasteiger partial charge in [0.1, 0.15) is 19.8 Å². The van der Waals surface area contributed by atoms with Crippen LogP contribution in [0.25, 0.3) is 0 Å². The molecule has 0 aromatic heterocycles. The van der Waals surface area contributed by atoms with Gasteiger partial charge < -0.3 is 28.4 Å². The van der Waals surface area contributed by atoms with Gasteiger partial charge in [0.2, 0.25) is 0 Å². The summed E-state index contributed by atoms with van der Waals surface area (Å²) in [5.74, 6) is -1.38. The van der Waals surface area contributed by atoms with Crippen molar-refractivity contribution in [2.75, 3.05) is 39.6 Å². The number of esters is 3. The third-order valence-electron chi connectivity index (χ3n) is 4.63. The monoisotopic (exact) mass is 468 g/mol. The Bertz CT molecular complexity index is 612. The largest absolute Gasteiger partial charge is 0.460 e. The van der Waals surface area contributed by atoms with Gasteiger partial charge in [0.25, 0.3) is 0 Å². The van der Waals surface area contributed by atoms with Crippen molar-refractivity contribution in [3.8, 4) is 0 Å². The highest BCUT2D eigenvalue weighted by atomic mass is 16.6. The molecule has 0 spiro atoms. The van der Waals surface area contributed by atoms with Crippen LogP contribution in [0, 0.1) is 0 Å². The van der Waals surface area contributed by atoms with Crippen molar-refractivity contribution in [3.63, 3.8) is 0 Å². The maximum atomic E-state index is 11.5. The Morgan fingerprint density at radius 3 is 1.00 bits per heavy atom. The van der Waals surface area contributed by atoms with Crippen molar-refractivity contribution in [2.45, 2.75) is 58.3 Å². The molecule has 1 aliphatic carbocycles. The first-order valence-corrected chi connectivity index (χ1v) is 10.9. The molecule has 0 heterocycles. The summed E-state index contributed by atoms with van der Waals surface area (Å²) in [5, 5.41) is 0. The Kier molecular flexibility index (Phi) is 13.3. The molecule has 0 N–H and O–H groups in total. The van der Waals surface area contributed by atoms with Crippen LogP contribution in [-0.4, -0.2) is 75.9 Å². The highest BCUT2D eigenvalue weighted by Crippen LogP contribution is 2.26. The van der Waals surface area contributed by atoms with Crippen molar-refractivity contribution in [3.05, 3.63) is 36.5 Å². The summed E-state index contributed by atoms with van der Waals surface area (Å²) in [6, 6.07) is 0. The smallest absolute Gasteiger partial charge is 0.333 e. The maximum absolute atomic E-state index is 11.5. The Hall–Kier alpha value is -2.49. The van der Waals surface area contributed by atoms with E-state index in [1.165, 1.54) is 0 Å². The van der Waals surface area contributed by atoms with E-state index in [0.29, 0.717) is 36.0 Å². The van der Waals surface area contributed by atoms with E-state index in [-0.39, 0.29) is 58.0 Å². The highest BCUT2D eigenvalue weighted by Gasteiger charge is 2.31. The number of hydrogen-bond acceptors (Lipinski definition) is 9. The van der Waals surface area contributed by atoms with E-state index in [0.717, 1.165) is 0 Å². The fourth-order valence-corrected chi connectivity index (χ4v) is 2.99. The first-order valence-electron chi connectivity index (χ1n) is 10.9. The van der Waals surface area contributed by atoms with Gasteiger partial charge >= 0.3 is 17.9 Å². The van der Waals surface area contributed by atoms with E-state index in [4.69, 9.17) is 28.4 Å². The van der Waals surface area contributed by atoms with Crippen LogP contribution in [0.5, 0.6) is 0 Å². The number of carbonyl (C=O) groups excluding carboxylic acids is 3. The molecule has 1 saturated carbocycles. The second-order valence-corrected chi connectivity index (χ2v) is 7.93. The lowest BCUT2D eigenvalue weighted by molar-refractivity contribution is -0.147. The van der Waals surface area contributed by atoms with Gasteiger partial charge in [0, 0.05) is 16.7 Å². The number of rotatable bonds is 15. The van der Waals surface area contributed by atoms with Crippen molar-refractivity contribution < 1.29 is 42.8 Å². The van der Waals surface area contributed by atoms with Crippen LogP contribution >= 0.6 is 0 Å². The molecule has 0 amide bonds. The zero-order chi connectivity index (χ0) is 24.8. The summed E-state index contributed by atoms with van der Waals surface area (Å²) in [7, 11) is 0. The molecular formula is C24H36O9. The van der Waals surface area contributed by atoms with Crippen LogP contribution in [0.3, 0.4) is 0 Å². The predicted octanol–water partition coefficient (Wildman–Crippen LogP) is 2.68. The molecule has 0 saturated heterocycles. The van der Waals surface area contributed by atoms with Crippen molar-refractivity contribution in [1.82, 2.24) is 0 Å². The lowest BCUT2D eigenvalue weighted by Gasteiger charge is -2.34. The Morgan fingerprint density at radius 1 is 0.545 bits per heavy atom. The van der Waals surface area contributed by atoms with E-state index in [9.17, 15) is 14.4 Å². The molecule has 0 aliphatic heterocycles. The molecule has 0 aromatic carbocycles. The van der Waals surface area contributed by atoms with E-state index >= 15 is 0 Å². The quantitative estimate of drug-likeness (QED) is 0.155. The van der Waals surface area contributed by atoms with E-state index in [1.54, 1.807) is 20.8 Å². The van der Waals surface area contributed by atoms with Gasteiger partial charge in [-0.25, -0.2) is 14.4 Å². The summed E-state index contributed by atoms with van der Waals surface area (Å²) in [5.41, 5.74) is 0.984. The van der Waals surface area contributed by atoms with Gasteiger partial charge in [0.15, 0.2) is 0 Å². The molecule has 0 bridgehead atoms. The van der Waals surface area contributed by atoms with Crippen molar-refractivity contribution in [1.29, 1.82) is 0 Å². The van der Waals surface area contributed by atoms with Crippen LogP contribution in [0.15, 0.2) is 36.5 Å². The van der Waals surface area contributed by atoms with Crippen molar-refractivity contribution >= 4 is 17.9 Å². The van der Waals surface area contributed by atoms with Gasteiger partial charge in [-0.2, -0.15) is 0 Å². The highest BCUT2D eigenvalue weighted by molar-refractivity contribution is 5.87. The van der Waals surface area contributed by atoms with Crippen molar-refractivity contribution in [2.24, 2.45) is 0 Å². The molecule has 9 nitrogen and oxygen atoms in total. The summed E-state index contributed by atoms with van der Waals surface area (Å²) in [6.45, 7) is 16.4. The molecule has 1 fully saturated rings. The number of ether oxygens (including phenoxy) is 6. The molecule has 0 unspecified atom stereocenters. The average molecular weight is 469 g/mol. The minimum Gasteiger partial charge on any atom is -0.460 e. The lowest BCUT2D eigenvalue weighted by atomic mass is 9.92. The zero-order valence-electron chi connectivity index (χ0n) is 19.9.